The van der Waals surface area contributed by atoms with E-state index in [1.54, 1.807) is 6.07 Å². The molecule has 0 amide bonds. The maximum absolute atomic E-state index is 14.4. The van der Waals surface area contributed by atoms with Crippen LogP contribution in [0.2, 0.25) is 10.0 Å². The smallest absolute Gasteiger partial charge is 0.127 e. The zero-order valence-electron chi connectivity index (χ0n) is 16.1. The minimum Gasteiger partial charge on any atom is -0.280 e. The van der Waals surface area contributed by atoms with Gasteiger partial charge in [-0.05, 0) is 41.8 Å². The third kappa shape index (κ3) is 4.81. The SMILES string of the molecule is Fc1ccccc1CN1CCCN(Cc2ccccc2Cl)C1c1cccc(Cl)c1. The highest BCUT2D eigenvalue weighted by Gasteiger charge is 2.31. The summed E-state index contributed by atoms with van der Waals surface area (Å²) in [5.41, 5.74) is 2.91. The average Bonchev–Trinajstić information content (AvgIpc) is 2.72. The van der Waals surface area contributed by atoms with Gasteiger partial charge in [-0.2, -0.15) is 0 Å². The van der Waals surface area contributed by atoms with Gasteiger partial charge in [0, 0.05) is 41.8 Å². The molecule has 3 aromatic rings. The Kier molecular flexibility index (Phi) is 6.51. The van der Waals surface area contributed by atoms with Crippen molar-refractivity contribution < 1.29 is 4.39 Å². The van der Waals surface area contributed by atoms with Crippen LogP contribution in [0.25, 0.3) is 0 Å². The Labute approximate surface area is 181 Å². The largest absolute Gasteiger partial charge is 0.280 e. The summed E-state index contributed by atoms with van der Waals surface area (Å²) in [6.45, 7) is 3.11. The fraction of sp³-hybridized carbons (Fsp3) is 0.250. The molecule has 0 saturated carbocycles. The van der Waals surface area contributed by atoms with Crippen LogP contribution in [0.5, 0.6) is 0 Å². The second kappa shape index (κ2) is 9.27. The number of nitrogens with zero attached hydrogens (tertiary/aromatic N) is 2. The fourth-order valence-electron chi connectivity index (χ4n) is 4.06. The first-order chi connectivity index (χ1) is 14.1. The van der Waals surface area contributed by atoms with Crippen LogP contribution in [0.1, 0.15) is 29.3 Å². The molecule has 1 fully saturated rings. The molecule has 4 rings (SSSR count). The molecule has 1 unspecified atom stereocenters. The number of hydrogen-bond donors (Lipinski definition) is 0. The summed E-state index contributed by atoms with van der Waals surface area (Å²) in [5, 5.41) is 1.47. The Hall–Kier alpha value is -1.91. The first-order valence-electron chi connectivity index (χ1n) is 9.82. The van der Waals surface area contributed by atoms with Crippen molar-refractivity contribution in [1.82, 2.24) is 9.80 Å². The van der Waals surface area contributed by atoms with E-state index in [4.69, 9.17) is 23.2 Å². The van der Waals surface area contributed by atoms with Gasteiger partial charge in [0.15, 0.2) is 0 Å². The van der Waals surface area contributed by atoms with Crippen molar-refractivity contribution in [3.8, 4) is 0 Å². The van der Waals surface area contributed by atoms with Crippen molar-refractivity contribution >= 4 is 23.2 Å². The standard InChI is InChI=1S/C24H23Cl2FN2/c25-21-10-5-9-18(15-21)24-28(16-19-7-1-3-11-22(19)26)13-6-14-29(24)17-20-8-2-4-12-23(20)27/h1-5,7-12,15,24H,6,13-14,16-17H2. The van der Waals surface area contributed by atoms with Gasteiger partial charge < -0.3 is 0 Å². The quantitative estimate of drug-likeness (QED) is 0.455. The van der Waals surface area contributed by atoms with Crippen LogP contribution < -0.4 is 0 Å². The van der Waals surface area contributed by atoms with E-state index in [0.29, 0.717) is 17.1 Å². The average molecular weight is 429 g/mol. The van der Waals surface area contributed by atoms with Crippen molar-refractivity contribution in [1.29, 1.82) is 0 Å². The minimum atomic E-state index is -0.166. The van der Waals surface area contributed by atoms with E-state index in [1.165, 1.54) is 6.07 Å². The molecule has 1 aliphatic rings. The third-order valence-corrected chi connectivity index (χ3v) is 6.00. The van der Waals surface area contributed by atoms with E-state index in [0.717, 1.165) is 42.2 Å². The highest BCUT2D eigenvalue weighted by atomic mass is 35.5. The molecule has 0 bridgehead atoms. The van der Waals surface area contributed by atoms with Crippen LogP contribution in [0, 0.1) is 5.82 Å². The number of rotatable bonds is 5. The van der Waals surface area contributed by atoms with E-state index in [2.05, 4.69) is 21.9 Å². The van der Waals surface area contributed by atoms with Crippen LogP contribution in [0.3, 0.4) is 0 Å². The second-order valence-electron chi connectivity index (χ2n) is 7.41. The lowest BCUT2D eigenvalue weighted by atomic mass is 10.0. The zero-order valence-corrected chi connectivity index (χ0v) is 17.6. The molecule has 0 spiro atoms. The molecule has 0 aliphatic carbocycles. The van der Waals surface area contributed by atoms with Crippen molar-refractivity contribution in [3.05, 3.63) is 105 Å². The lowest BCUT2D eigenvalue weighted by molar-refractivity contribution is -0.00962. The Balaban J connectivity index is 1.68. The van der Waals surface area contributed by atoms with E-state index >= 15 is 0 Å². The van der Waals surface area contributed by atoms with E-state index in [-0.39, 0.29) is 12.0 Å². The van der Waals surface area contributed by atoms with Crippen molar-refractivity contribution in [2.45, 2.75) is 25.7 Å². The lowest BCUT2D eigenvalue weighted by Crippen LogP contribution is -2.47. The van der Waals surface area contributed by atoms with E-state index in [1.807, 2.05) is 48.5 Å². The summed E-state index contributed by atoms with van der Waals surface area (Å²) in [4.78, 5) is 4.72. The van der Waals surface area contributed by atoms with E-state index in [9.17, 15) is 4.39 Å². The monoisotopic (exact) mass is 428 g/mol. The van der Waals surface area contributed by atoms with Crippen LogP contribution in [0.15, 0.2) is 72.8 Å². The van der Waals surface area contributed by atoms with Crippen LogP contribution in [-0.2, 0) is 13.1 Å². The molecule has 5 heteroatoms. The van der Waals surface area contributed by atoms with Gasteiger partial charge in [-0.25, -0.2) is 4.39 Å². The molecule has 3 aromatic carbocycles. The Bertz CT molecular complexity index is 923. The number of halogens is 3. The van der Waals surface area contributed by atoms with Gasteiger partial charge in [0.25, 0.3) is 0 Å². The van der Waals surface area contributed by atoms with Gasteiger partial charge in [-0.1, -0.05) is 71.7 Å². The summed E-state index contributed by atoms with van der Waals surface area (Å²) in [6, 6.07) is 22.9. The zero-order chi connectivity index (χ0) is 20.2. The van der Waals surface area contributed by atoms with Gasteiger partial charge in [0.2, 0.25) is 0 Å². The summed E-state index contributed by atoms with van der Waals surface area (Å²) in [5.74, 6) is -0.166. The molecule has 0 aromatic heterocycles. The molecule has 0 radical (unpaired) electrons. The summed E-state index contributed by atoms with van der Waals surface area (Å²) >= 11 is 12.8. The molecule has 2 nitrogen and oxygen atoms in total. The topological polar surface area (TPSA) is 6.48 Å². The van der Waals surface area contributed by atoms with Crippen molar-refractivity contribution in [3.63, 3.8) is 0 Å². The Morgan fingerprint density at radius 3 is 2.14 bits per heavy atom. The first kappa shape index (κ1) is 20.4. The number of hydrogen-bond acceptors (Lipinski definition) is 2. The molecule has 1 saturated heterocycles. The highest BCUT2D eigenvalue weighted by molar-refractivity contribution is 6.31. The summed E-state index contributed by atoms with van der Waals surface area (Å²) < 4.78 is 14.4. The normalized spacial score (nSPS) is 18.1. The van der Waals surface area contributed by atoms with Gasteiger partial charge in [-0.3, -0.25) is 9.80 Å². The second-order valence-corrected chi connectivity index (χ2v) is 8.25. The lowest BCUT2D eigenvalue weighted by Gasteiger charge is -2.44. The van der Waals surface area contributed by atoms with Gasteiger partial charge in [0.1, 0.15) is 5.82 Å². The summed E-state index contributed by atoms with van der Waals surface area (Å²) in [6.07, 6.45) is 1.01. The number of benzene rings is 3. The maximum Gasteiger partial charge on any atom is 0.127 e. The predicted molar refractivity (Wildman–Crippen MR) is 117 cm³/mol. The van der Waals surface area contributed by atoms with Crippen LogP contribution in [-0.4, -0.2) is 22.9 Å². The first-order valence-corrected chi connectivity index (χ1v) is 10.6. The molecular weight excluding hydrogens is 406 g/mol. The minimum absolute atomic E-state index is 0.00155. The molecular formula is C24H23Cl2FN2. The predicted octanol–water partition coefficient (Wildman–Crippen LogP) is 6.54. The van der Waals surface area contributed by atoms with E-state index < -0.39 is 0 Å². The van der Waals surface area contributed by atoms with Gasteiger partial charge in [0.05, 0.1) is 6.17 Å². The third-order valence-electron chi connectivity index (χ3n) is 5.39. The molecule has 150 valence electrons. The van der Waals surface area contributed by atoms with Gasteiger partial charge >= 0.3 is 0 Å². The van der Waals surface area contributed by atoms with Gasteiger partial charge in [-0.15, -0.1) is 0 Å². The molecule has 1 aliphatic heterocycles. The maximum atomic E-state index is 14.4. The van der Waals surface area contributed by atoms with Crippen LogP contribution >= 0.6 is 23.2 Å². The van der Waals surface area contributed by atoms with Crippen molar-refractivity contribution in [2.75, 3.05) is 13.1 Å². The highest BCUT2D eigenvalue weighted by Crippen LogP contribution is 2.34. The fourth-order valence-corrected chi connectivity index (χ4v) is 4.46. The Morgan fingerprint density at radius 1 is 0.793 bits per heavy atom. The van der Waals surface area contributed by atoms with Crippen LogP contribution in [0.4, 0.5) is 4.39 Å². The summed E-state index contributed by atoms with van der Waals surface area (Å²) in [7, 11) is 0. The molecule has 1 heterocycles. The Morgan fingerprint density at radius 2 is 1.45 bits per heavy atom. The van der Waals surface area contributed by atoms with Crippen molar-refractivity contribution in [2.24, 2.45) is 0 Å². The molecule has 0 N–H and O–H groups in total. The molecule has 29 heavy (non-hydrogen) atoms. The molecule has 1 atom stereocenters.